The Bertz CT molecular complexity index is 305. The van der Waals surface area contributed by atoms with Crippen LogP contribution in [-0.2, 0) is 9.53 Å². The number of hydrogen-bond acceptors (Lipinski definition) is 4. The van der Waals surface area contributed by atoms with Crippen LogP contribution in [0, 0.1) is 0 Å². The Morgan fingerprint density at radius 2 is 2.43 bits per heavy atom. The van der Waals surface area contributed by atoms with Crippen molar-refractivity contribution in [1.29, 1.82) is 0 Å². The van der Waals surface area contributed by atoms with E-state index in [1.165, 1.54) is 18.4 Å². The topological polar surface area (TPSA) is 52.3 Å². The summed E-state index contributed by atoms with van der Waals surface area (Å²) in [7, 11) is 1.36. The maximum Gasteiger partial charge on any atom is 0.307 e. The highest BCUT2D eigenvalue weighted by molar-refractivity contribution is 9.10. The summed E-state index contributed by atoms with van der Waals surface area (Å²) < 4.78 is 5.48. The molecule has 1 aromatic rings. The highest BCUT2D eigenvalue weighted by Gasteiger charge is 2.15. The molecule has 0 aliphatic carbocycles. The number of halogens is 2. The maximum absolute atomic E-state index is 10.9. The Kier molecular flexibility index (Phi) is 6.35. The van der Waals surface area contributed by atoms with Crippen molar-refractivity contribution < 1.29 is 9.53 Å². The van der Waals surface area contributed by atoms with Crippen LogP contribution in [0.4, 0.5) is 0 Å². The number of carbonyl (C=O) groups excluding carboxylic acids is 1. The third-order valence-electron chi connectivity index (χ3n) is 1.60. The molecule has 0 spiro atoms. The molecule has 0 saturated heterocycles. The van der Waals surface area contributed by atoms with Gasteiger partial charge in [0.15, 0.2) is 0 Å². The summed E-state index contributed by atoms with van der Waals surface area (Å²) in [6.45, 7) is 0. The smallest absolute Gasteiger partial charge is 0.307 e. The van der Waals surface area contributed by atoms with Gasteiger partial charge in [-0.1, -0.05) is 0 Å². The first-order valence-electron chi connectivity index (χ1n) is 3.70. The number of ether oxygens (including phenoxy) is 1. The van der Waals surface area contributed by atoms with Crippen molar-refractivity contribution in [3.63, 3.8) is 0 Å². The molecule has 0 saturated carbocycles. The standard InChI is InChI=1S/C8H10BrNO2S.ClH/c1-12-7(11)4-6(10)8-5(9)2-3-13-8;/h2-3,6H,4,10H2,1H3;1H/t6-;/m1./s1. The molecule has 1 atom stereocenters. The largest absolute Gasteiger partial charge is 0.469 e. The second-order valence-electron chi connectivity index (χ2n) is 2.52. The lowest BCUT2D eigenvalue weighted by Crippen LogP contribution is -2.15. The minimum Gasteiger partial charge on any atom is -0.469 e. The number of rotatable bonds is 3. The van der Waals surface area contributed by atoms with Crippen molar-refractivity contribution in [3.8, 4) is 0 Å². The van der Waals surface area contributed by atoms with E-state index in [0.717, 1.165) is 9.35 Å². The van der Waals surface area contributed by atoms with E-state index in [0.29, 0.717) is 0 Å². The number of thiophene rings is 1. The number of carbonyl (C=O) groups is 1. The van der Waals surface area contributed by atoms with Crippen LogP contribution in [0.5, 0.6) is 0 Å². The molecule has 0 amide bonds. The average Bonchev–Trinajstić information content (AvgIpc) is 2.51. The van der Waals surface area contributed by atoms with E-state index in [-0.39, 0.29) is 30.8 Å². The summed E-state index contributed by atoms with van der Waals surface area (Å²) in [5.41, 5.74) is 5.80. The fourth-order valence-corrected chi connectivity index (χ4v) is 2.60. The van der Waals surface area contributed by atoms with Gasteiger partial charge in [-0.05, 0) is 27.4 Å². The summed E-state index contributed by atoms with van der Waals surface area (Å²) in [6.07, 6.45) is 0.218. The molecule has 0 bridgehead atoms. The molecular weight excluding hydrogens is 290 g/mol. The van der Waals surface area contributed by atoms with Gasteiger partial charge in [0.05, 0.1) is 19.6 Å². The Morgan fingerprint density at radius 3 is 2.86 bits per heavy atom. The summed E-state index contributed by atoms with van der Waals surface area (Å²) in [5, 5.41) is 1.93. The molecule has 0 fully saturated rings. The van der Waals surface area contributed by atoms with E-state index in [1.807, 2.05) is 11.4 Å². The average molecular weight is 301 g/mol. The third-order valence-corrected chi connectivity index (χ3v) is 3.60. The second kappa shape index (κ2) is 6.40. The number of hydrogen-bond donors (Lipinski definition) is 1. The molecule has 2 N–H and O–H groups in total. The van der Waals surface area contributed by atoms with E-state index < -0.39 is 0 Å². The van der Waals surface area contributed by atoms with Crippen molar-refractivity contribution in [2.75, 3.05) is 7.11 Å². The number of methoxy groups -OCH3 is 1. The van der Waals surface area contributed by atoms with Gasteiger partial charge in [0.1, 0.15) is 0 Å². The van der Waals surface area contributed by atoms with Gasteiger partial charge in [-0.3, -0.25) is 4.79 Å². The van der Waals surface area contributed by atoms with Crippen LogP contribution in [0.1, 0.15) is 17.3 Å². The van der Waals surface area contributed by atoms with Gasteiger partial charge >= 0.3 is 5.97 Å². The highest BCUT2D eigenvalue weighted by atomic mass is 79.9. The van der Waals surface area contributed by atoms with E-state index in [2.05, 4.69) is 20.7 Å². The fraction of sp³-hybridized carbons (Fsp3) is 0.375. The molecule has 0 aromatic carbocycles. The van der Waals surface area contributed by atoms with Crippen molar-refractivity contribution in [2.24, 2.45) is 5.73 Å². The van der Waals surface area contributed by atoms with Gasteiger partial charge in [0.25, 0.3) is 0 Å². The molecule has 6 heteroatoms. The molecule has 1 heterocycles. The molecule has 3 nitrogen and oxygen atoms in total. The van der Waals surface area contributed by atoms with Crippen LogP contribution >= 0.6 is 39.7 Å². The number of esters is 1. The van der Waals surface area contributed by atoms with Crippen LogP contribution in [-0.4, -0.2) is 13.1 Å². The van der Waals surface area contributed by atoms with Crippen LogP contribution in [0.3, 0.4) is 0 Å². The minimum atomic E-state index is -0.284. The van der Waals surface area contributed by atoms with Crippen molar-refractivity contribution in [1.82, 2.24) is 0 Å². The first-order chi connectivity index (χ1) is 6.15. The molecule has 0 radical (unpaired) electrons. The highest BCUT2D eigenvalue weighted by Crippen LogP contribution is 2.29. The van der Waals surface area contributed by atoms with Gasteiger partial charge in [-0.15, -0.1) is 23.7 Å². The Hall–Kier alpha value is -0.100. The summed E-state index contributed by atoms with van der Waals surface area (Å²) in [6, 6.07) is 1.64. The molecule has 0 unspecified atom stereocenters. The van der Waals surface area contributed by atoms with Crippen molar-refractivity contribution in [2.45, 2.75) is 12.5 Å². The maximum atomic E-state index is 10.9. The minimum absolute atomic E-state index is 0. The van der Waals surface area contributed by atoms with E-state index in [1.54, 1.807) is 0 Å². The Balaban J connectivity index is 0.00000169. The molecule has 0 aliphatic rings. The third kappa shape index (κ3) is 3.57. The quantitative estimate of drug-likeness (QED) is 0.873. The first kappa shape index (κ1) is 13.9. The lowest BCUT2D eigenvalue weighted by molar-refractivity contribution is -0.141. The molecular formula is C8H11BrClNO2S. The van der Waals surface area contributed by atoms with E-state index >= 15 is 0 Å². The van der Waals surface area contributed by atoms with Crippen LogP contribution in [0.25, 0.3) is 0 Å². The SMILES string of the molecule is COC(=O)C[C@@H](N)c1sccc1Br.Cl. The predicted molar refractivity (Wildman–Crippen MR) is 62.8 cm³/mol. The van der Waals surface area contributed by atoms with E-state index in [9.17, 15) is 4.79 Å². The number of nitrogens with two attached hydrogens (primary N) is 1. The van der Waals surface area contributed by atoms with Gasteiger partial charge in [-0.2, -0.15) is 0 Å². The van der Waals surface area contributed by atoms with E-state index in [4.69, 9.17) is 5.73 Å². The zero-order chi connectivity index (χ0) is 9.84. The van der Waals surface area contributed by atoms with Crippen molar-refractivity contribution in [3.05, 3.63) is 20.8 Å². The second-order valence-corrected chi connectivity index (χ2v) is 4.32. The monoisotopic (exact) mass is 299 g/mol. The summed E-state index contributed by atoms with van der Waals surface area (Å²) in [4.78, 5) is 11.9. The molecule has 80 valence electrons. The molecule has 1 aromatic heterocycles. The molecule has 14 heavy (non-hydrogen) atoms. The van der Waals surface area contributed by atoms with Gasteiger partial charge < -0.3 is 10.5 Å². The predicted octanol–water partition coefficient (Wildman–Crippen LogP) is 2.50. The summed E-state index contributed by atoms with van der Waals surface area (Å²) in [5.74, 6) is -0.284. The van der Waals surface area contributed by atoms with Gasteiger partial charge in [0.2, 0.25) is 0 Å². The van der Waals surface area contributed by atoms with Gasteiger partial charge in [-0.25, -0.2) is 0 Å². The lowest BCUT2D eigenvalue weighted by Gasteiger charge is -2.08. The lowest BCUT2D eigenvalue weighted by atomic mass is 10.2. The Labute approximate surface area is 101 Å². The molecule has 0 aliphatic heterocycles. The Morgan fingerprint density at radius 1 is 1.79 bits per heavy atom. The van der Waals surface area contributed by atoms with Crippen molar-refractivity contribution >= 4 is 45.6 Å². The van der Waals surface area contributed by atoms with Gasteiger partial charge in [0, 0.05) is 9.35 Å². The molecule has 1 rings (SSSR count). The summed E-state index contributed by atoms with van der Waals surface area (Å²) >= 11 is 4.89. The first-order valence-corrected chi connectivity index (χ1v) is 5.37. The zero-order valence-corrected chi connectivity index (χ0v) is 10.7. The normalized spacial score (nSPS) is 11.6. The van der Waals surface area contributed by atoms with Crippen LogP contribution < -0.4 is 5.73 Å². The van der Waals surface area contributed by atoms with Crippen LogP contribution in [0.2, 0.25) is 0 Å². The fourth-order valence-electron chi connectivity index (χ4n) is 0.926. The zero-order valence-electron chi connectivity index (χ0n) is 7.53. The van der Waals surface area contributed by atoms with Crippen LogP contribution in [0.15, 0.2) is 15.9 Å².